The van der Waals surface area contributed by atoms with Crippen LogP contribution in [0.15, 0.2) is 24.3 Å². The highest BCUT2D eigenvalue weighted by atomic mass is 16.4. The lowest BCUT2D eigenvalue weighted by molar-refractivity contribution is -0.144. The molecule has 1 aliphatic heterocycles. The zero-order chi connectivity index (χ0) is 15.4. The van der Waals surface area contributed by atoms with E-state index in [9.17, 15) is 14.7 Å². The molecule has 0 spiro atoms. The number of nitrogens with one attached hydrogen (secondary N) is 1. The van der Waals surface area contributed by atoms with Crippen molar-refractivity contribution in [1.82, 2.24) is 10.2 Å². The summed E-state index contributed by atoms with van der Waals surface area (Å²) in [5, 5.41) is 12.2. The van der Waals surface area contributed by atoms with Crippen LogP contribution in [0.2, 0.25) is 0 Å². The fourth-order valence-corrected chi connectivity index (χ4v) is 2.69. The smallest absolute Gasteiger partial charge is 0.321 e. The first-order valence-corrected chi connectivity index (χ1v) is 7.30. The summed E-state index contributed by atoms with van der Waals surface area (Å²) in [7, 11) is 0. The summed E-state index contributed by atoms with van der Waals surface area (Å²) in [4.78, 5) is 25.1. The minimum absolute atomic E-state index is 0.0343. The molecule has 2 rings (SSSR count). The van der Waals surface area contributed by atoms with E-state index in [4.69, 9.17) is 0 Å². The van der Waals surface area contributed by atoms with Crippen molar-refractivity contribution in [2.24, 2.45) is 0 Å². The van der Waals surface area contributed by atoms with Crippen molar-refractivity contribution >= 4 is 11.9 Å². The number of benzene rings is 1. The third kappa shape index (κ3) is 4.04. The normalized spacial score (nSPS) is 18.3. The van der Waals surface area contributed by atoms with Crippen LogP contribution in [0.4, 0.5) is 0 Å². The van der Waals surface area contributed by atoms with E-state index < -0.39 is 12.0 Å². The number of amides is 1. The maximum atomic E-state index is 11.7. The van der Waals surface area contributed by atoms with Crippen molar-refractivity contribution in [1.29, 1.82) is 0 Å². The van der Waals surface area contributed by atoms with Gasteiger partial charge >= 0.3 is 5.97 Å². The van der Waals surface area contributed by atoms with Gasteiger partial charge in [-0.25, -0.2) is 0 Å². The third-order valence-electron chi connectivity index (χ3n) is 3.71. The lowest BCUT2D eigenvalue weighted by Gasteiger charge is -2.34. The van der Waals surface area contributed by atoms with E-state index in [2.05, 4.69) is 5.32 Å². The molecule has 0 aromatic heterocycles. The number of aliphatic carboxylic acids is 1. The topological polar surface area (TPSA) is 69.6 Å². The van der Waals surface area contributed by atoms with Crippen LogP contribution < -0.4 is 5.32 Å². The van der Waals surface area contributed by atoms with E-state index in [1.54, 1.807) is 0 Å². The Morgan fingerprint density at radius 2 is 2.00 bits per heavy atom. The van der Waals surface area contributed by atoms with E-state index >= 15 is 0 Å². The minimum atomic E-state index is -0.825. The van der Waals surface area contributed by atoms with Gasteiger partial charge in [-0.05, 0) is 31.4 Å². The average molecular weight is 290 g/mol. The lowest BCUT2D eigenvalue weighted by Crippen LogP contribution is -2.47. The van der Waals surface area contributed by atoms with Crippen LogP contribution in [0.3, 0.4) is 0 Å². The number of rotatable bonds is 5. The molecule has 1 aliphatic rings. The van der Waals surface area contributed by atoms with Crippen LogP contribution in [0.1, 0.15) is 31.4 Å². The van der Waals surface area contributed by atoms with Gasteiger partial charge in [0.05, 0.1) is 0 Å². The molecule has 114 valence electrons. The van der Waals surface area contributed by atoms with Crippen LogP contribution in [0, 0.1) is 0 Å². The van der Waals surface area contributed by atoms with E-state index in [1.807, 2.05) is 43.0 Å². The van der Waals surface area contributed by atoms with Crippen LogP contribution in [0.25, 0.3) is 0 Å². The molecular formula is C16H22N2O3. The largest absolute Gasteiger partial charge is 0.480 e. The predicted octanol–water partition coefficient (Wildman–Crippen LogP) is 1.41. The molecule has 0 radical (unpaired) electrons. The fraction of sp³-hybridized carbons (Fsp3) is 0.500. The predicted molar refractivity (Wildman–Crippen MR) is 79.9 cm³/mol. The van der Waals surface area contributed by atoms with Gasteiger partial charge in [-0.15, -0.1) is 0 Å². The molecule has 2 N–H and O–H groups in total. The molecule has 5 nitrogen and oxygen atoms in total. The molecule has 0 bridgehead atoms. The van der Waals surface area contributed by atoms with Gasteiger partial charge in [0.1, 0.15) is 6.04 Å². The van der Waals surface area contributed by atoms with Gasteiger partial charge < -0.3 is 10.4 Å². The maximum Gasteiger partial charge on any atom is 0.321 e. The molecular weight excluding hydrogens is 268 g/mol. The number of fused-ring (bicyclic) bond motifs is 1. The average Bonchev–Trinajstić information content (AvgIpc) is 2.43. The second kappa shape index (κ2) is 6.72. The molecule has 0 aliphatic carbocycles. The summed E-state index contributed by atoms with van der Waals surface area (Å²) in [5.74, 6) is -0.859. The van der Waals surface area contributed by atoms with Gasteiger partial charge in [0.25, 0.3) is 0 Å². The van der Waals surface area contributed by atoms with E-state index in [-0.39, 0.29) is 11.9 Å². The van der Waals surface area contributed by atoms with Gasteiger partial charge in [0.2, 0.25) is 5.91 Å². The Morgan fingerprint density at radius 3 is 2.62 bits per heavy atom. The lowest BCUT2D eigenvalue weighted by atomic mass is 9.94. The number of carbonyl (C=O) groups is 2. The highest BCUT2D eigenvalue weighted by molar-refractivity contribution is 5.77. The fourth-order valence-electron chi connectivity index (χ4n) is 2.69. The first kappa shape index (κ1) is 15.5. The van der Waals surface area contributed by atoms with E-state index in [0.717, 1.165) is 11.1 Å². The van der Waals surface area contributed by atoms with Gasteiger partial charge in [0.15, 0.2) is 0 Å². The number of carboxylic acid groups (broad SMARTS) is 1. The summed E-state index contributed by atoms with van der Waals surface area (Å²) in [6.07, 6.45) is 0.821. The Balaban J connectivity index is 2.03. The minimum Gasteiger partial charge on any atom is -0.480 e. The zero-order valence-corrected chi connectivity index (χ0v) is 12.5. The molecule has 5 heteroatoms. The number of carboxylic acids is 1. The summed E-state index contributed by atoms with van der Waals surface area (Å²) in [6, 6.07) is 7.46. The van der Waals surface area contributed by atoms with Crippen molar-refractivity contribution in [2.45, 2.75) is 45.3 Å². The Labute approximate surface area is 125 Å². The van der Waals surface area contributed by atoms with Gasteiger partial charge in [-0.1, -0.05) is 24.3 Å². The number of hydrogen-bond acceptors (Lipinski definition) is 3. The van der Waals surface area contributed by atoms with E-state index in [0.29, 0.717) is 25.9 Å². The third-order valence-corrected chi connectivity index (χ3v) is 3.71. The van der Waals surface area contributed by atoms with Crippen LogP contribution in [-0.2, 0) is 22.6 Å². The summed E-state index contributed by atoms with van der Waals surface area (Å²) in [6.45, 7) is 4.87. The van der Waals surface area contributed by atoms with Crippen LogP contribution in [0.5, 0.6) is 0 Å². The summed E-state index contributed by atoms with van der Waals surface area (Å²) >= 11 is 0. The van der Waals surface area contributed by atoms with Crippen molar-refractivity contribution in [3.05, 3.63) is 35.4 Å². The second-order valence-corrected chi connectivity index (χ2v) is 5.77. The van der Waals surface area contributed by atoms with Crippen molar-refractivity contribution in [3.63, 3.8) is 0 Å². The highest BCUT2D eigenvalue weighted by Gasteiger charge is 2.31. The second-order valence-electron chi connectivity index (χ2n) is 5.77. The monoisotopic (exact) mass is 290 g/mol. The van der Waals surface area contributed by atoms with Crippen molar-refractivity contribution in [3.8, 4) is 0 Å². The molecule has 1 aromatic carbocycles. The van der Waals surface area contributed by atoms with Crippen LogP contribution >= 0.6 is 0 Å². The van der Waals surface area contributed by atoms with Crippen molar-refractivity contribution < 1.29 is 14.7 Å². The maximum absolute atomic E-state index is 11.7. The molecule has 1 atom stereocenters. The van der Waals surface area contributed by atoms with Gasteiger partial charge in [0, 0.05) is 25.6 Å². The Kier molecular flexibility index (Phi) is 4.96. The number of nitrogens with zero attached hydrogens (tertiary/aromatic N) is 1. The van der Waals surface area contributed by atoms with E-state index in [1.165, 1.54) is 0 Å². The molecule has 0 fully saturated rings. The Hall–Kier alpha value is -1.88. The number of hydrogen-bond donors (Lipinski definition) is 2. The highest BCUT2D eigenvalue weighted by Crippen LogP contribution is 2.23. The first-order chi connectivity index (χ1) is 9.97. The molecule has 1 heterocycles. The molecule has 0 saturated heterocycles. The standard InChI is InChI=1S/C16H22N2O3/c1-11(2)17-15(19)7-8-18-10-13-6-4-3-5-12(13)9-14(18)16(20)21/h3-6,11,14H,7-10H2,1-2H3,(H,17,19)(H,20,21)/t14-/m0/s1. The molecule has 21 heavy (non-hydrogen) atoms. The molecule has 0 unspecified atom stereocenters. The summed E-state index contributed by atoms with van der Waals surface area (Å²) in [5.41, 5.74) is 2.24. The first-order valence-electron chi connectivity index (χ1n) is 7.30. The quantitative estimate of drug-likeness (QED) is 0.860. The molecule has 0 saturated carbocycles. The summed E-state index contributed by atoms with van der Waals surface area (Å²) < 4.78 is 0. The molecule has 1 amide bonds. The molecule has 1 aromatic rings. The van der Waals surface area contributed by atoms with Crippen LogP contribution in [-0.4, -0.2) is 40.5 Å². The Bertz CT molecular complexity index is 528. The number of carbonyl (C=O) groups excluding carboxylic acids is 1. The van der Waals surface area contributed by atoms with Gasteiger partial charge in [-0.3, -0.25) is 14.5 Å². The Morgan fingerprint density at radius 1 is 1.33 bits per heavy atom. The zero-order valence-electron chi connectivity index (χ0n) is 12.5. The SMILES string of the molecule is CC(C)NC(=O)CCN1Cc2ccccc2C[C@H]1C(=O)O. The van der Waals surface area contributed by atoms with Gasteiger partial charge in [-0.2, -0.15) is 0 Å². The van der Waals surface area contributed by atoms with Crippen molar-refractivity contribution in [2.75, 3.05) is 6.54 Å².